The maximum absolute atomic E-state index is 14.1. The Hall–Kier alpha value is -4.43. The van der Waals surface area contributed by atoms with E-state index in [1.54, 1.807) is 19.1 Å². The van der Waals surface area contributed by atoms with Crippen LogP contribution in [0, 0.1) is 37.0 Å². The first-order chi connectivity index (χ1) is 22.7. The van der Waals surface area contributed by atoms with Crippen LogP contribution in [0.2, 0.25) is 0 Å². The highest BCUT2D eigenvalue weighted by molar-refractivity contribution is 7.13. The topological polar surface area (TPSA) is 120 Å². The smallest absolute Gasteiger partial charge is 0.332 e. The summed E-state index contributed by atoms with van der Waals surface area (Å²) in [5.41, 5.74) is 1.60. The molecule has 2 aromatic heterocycles. The Morgan fingerprint density at radius 3 is 2.72 bits per heavy atom. The van der Waals surface area contributed by atoms with Crippen molar-refractivity contribution in [3.05, 3.63) is 47.0 Å². The Bertz CT molecular complexity index is 1780. The van der Waals surface area contributed by atoms with E-state index in [2.05, 4.69) is 22.3 Å². The lowest BCUT2D eigenvalue weighted by molar-refractivity contribution is -0.149. The van der Waals surface area contributed by atoms with E-state index in [9.17, 15) is 14.4 Å². The Morgan fingerprint density at radius 1 is 1.15 bits per heavy atom. The minimum atomic E-state index is -1.11. The molecule has 10 nitrogen and oxygen atoms in total. The molecule has 0 saturated heterocycles. The molecular weight excluding hydrogens is 616 g/mol. The number of aryl methyl sites for hydroxylation is 1. The van der Waals surface area contributed by atoms with Gasteiger partial charge in [0.25, 0.3) is 0 Å². The molecule has 1 aliphatic heterocycles. The number of pyridine rings is 1. The van der Waals surface area contributed by atoms with Gasteiger partial charge in [-0.25, -0.2) is 14.8 Å². The average molecular weight is 657 g/mol. The van der Waals surface area contributed by atoms with Gasteiger partial charge in [-0.15, -0.1) is 17.8 Å². The van der Waals surface area contributed by atoms with E-state index < -0.39 is 23.3 Å². The van der Waals surface area contributed by atoms with E-state index in [0.717, 1.165) is 30.2 Å². The number of thiazole rings is 1. The number of nitrogens with one attached hydrogen (secondary N) is 1. The monoisotopic (exact) mass is 656 g/mol. The van der Waals surface area contributed by atoms with Gasteiger partial charge in [0.15, 0.2) is 0 Å². The number of aromatic nitrogens is 2. The lowest BCUT2D eigenvalue weighted by Gasteiger charge is -2.37. The van der Waals surface area contributed by atoms with Gasteiger partial charge in [0, 0.05) is 47.8 Å². The van der Waals surface area contributed by atoms with Crippen molar-refractivity contribution in [3.63, 3.8) is 0 Å². The number of nitrogens with zero attached hydrogens (tertiary/aromatic N) is 3. The number of amides is 2. The van der Waals surface area contributed by atoms with Crippen LogP contribution in [0.3, 0.4) is 0 Å². The van der Waals surface area contributed by atoms with Gasteiger partial charge in [0.2, 0.25) is 11.8 Å². The maximum atomic E-state index is 14.1. The highest BCUT2D eigenvalue weighted by atomic mass is 32.1. The van der Waals surface area contributed by atoms with Crippen molar-refractivity contribution in [2.45, 2.75) is 63.5 Å². The number of methoxy groups -OCH3 is 2. The van der Waals surface area contributed by atoms with Gasteiger partial charge in [-0.2, -0.15) is 0 Å². The summed E-state index contributed by atoms with van der Waals surface area (Å²) < 4.78 is 17.5. The molecule has 3 aromatic rings. The van der Waals surface area contributed by atoms with Crippen molar-refractivity contribution in [3.8, 4) is 34.5 Å². The molecule has 0 spiro atoms. The van der Waals surface area contributed by atoms with Crippen molar-refractivity contribution in [2.75, 3.05) is 27.8 Å². The molecule has 11 heteroatoms. The molecule has 2 aliphatic carbocycles. The van der Waals surface area contributed by atoms with Gasteiger partial charge in [0.05, 0.1) is 31.8 Å². The number of hydrogen-bond donors (Lipinski definition) is 1. The number of terminal acetylenes is 1. The summed E-state index contributed by atoms with van der Waals surface area (Å²) in [6.07, 6.45) is 13.8. The first-order valence-corrected chi connectivity index (χ1v) is 17.0. The van der Waals surface area contributed by atoms with Crippen LogP contribution >= 0.6 is 11.3 Å². The second kappa shape index (κ2) is 13.4. The normalized spacial score (nSPS) is 27.0. The predicted octanol–water partition coefficient (Wildman–Crippen LogP) is 5.07. The molecule has 47 heavy (non-hydrogen) atoms. The van der Waals surface area contributed by atoms with Crippen LogP contribution in [0.5, 0.6) is 11.5 Å². The minimum absolute atomic E-state index is 0.0527. The summed E-state index contributed by atoms with van der Waals surface area (Å²) in [6, 6.07) is 5.66. The van der Waals surface area contributed by atoms with Crippen LogP contribution in [0.4, 0.5) is 0 Å². The third-order valence-corrected chi connectivity index (χ3v) is 10.6. The highest BCUT2D eigenvalue weighted by Crippen LogP contribution is 2.47. The van der Waals surface area contributed by atoms with Crippen LogP contribution in [0.25, 0.3) is 21.6 Å². The summed E-state index contributed by atoms with van der Waals surface area (Å²) in [7, 11) is 4.76. The van der Waals surface area contributed by atoms with E-state index in [-0.39, 0.29) is 23.8 Å². The molecule has 1 aromatic carbocycles. The number of esters is 1. The molecule has 0 bridgehead atoms. The lowest BCUT2D eigenvalue weighted by Crippen LogP contribution is -2.53. The zero-order chi connectivity index (χ0) is 33.3. The molecule has 0 radical (unpaired) electrons. The predicted molar refractivity (Wildman–Crippen MR) is 179 cm³/mol. The number of rotatable bonds is 5. The van der Waals surface area contributed by atoms with Crippen LogP contribution in [-0.2, 0) is 19.1 Å². The number of hydrogen-bond acceptors (Lipinski definition) is 9. The maximum Gasteiger partial charge on any atom is 0.332 e. The quantitative estimate of drug-likeness (QED) is 0.230. The number of fused-ring (bicyclic) bond motifs is 3. The molecule has 2 amide bonds. The summed E-state index contributed by atoms with van der Waals surface area (Å²) in [4.78, 5) is 52.1. The summed E-state index contributed by atoms with van der Waals surface area (Å²) in [5.74, 6) is 1.66. The van der Waals surface area contributed by atoms with E-state index in [1.807, 2.05) is 36.6 Å². The second-order valence-corrected chi connectivity index (χ2v) is 13.5. The van der Waals surface area contributed by atoms with Crippen molar-refractivity contribution < 1.29 is 28.6 Å². The standard InChI is InChI=1S/C36H40N4O6S/c1-6-23-20-47-33(37-23)28-18-30(26-14-15-29(44-4)21(2)31(26)38-28)46-24-12-13-25-27(17-24)32(41)39-36(35(43)45-5)19-22(36)11-9-7-8-10-16-40(3)34(25)42/h1,9,11,14-15,18,20,22,24-25,27H,7-8,10,12-13,16-17,19H2,2-5H3,(H,39,41)/b11-9-/t22-,24+,25-,27-,36-/m1/s1. The Morgan fingerprint density at radius 2 is 1.98 bits per heavy atom. The highest BCUT2D eigenvalue weighted by Gasteiger charge is 2.62. The van der Waals surface area contributed by atoms with E-state index >= 15 is 0 Å². The third-order valence-electron chi connectivity index (χ3n) is 9.76. The second-order valence-electron chi connectivity index (χ2n) is 12.7. The van der Waals surface area contributed by atoms with Crippen LogP contribution in [0.15, 0.2) is 35.7 Å². The van der Waals surface area contributed by atoms with Crippen molar-refractivity contribution in [1.82, 2.24) is 20.2 Å². The van der Waals surface area contributed by atoms with Crippen molar-refractivity contribution >= 4 is 40.0 Å². The Labute approximate surface area is 278 Å². The van der Waals surface area contributed by atoms with Gasteiger partial charge in [0.1, 0.15) is 33.4 Å². The van der Waals surface area contributed by atoms with Gasteiger partial charge < -0.3 is 24.4 Å². The molecule has 2 fully saturated rings. The summed E-state index contributed by atoms with van der Waals surface area (Å²) in [5, 5.41) is 6.31. The third kappa shape index (κ3) is 6.31. The molecule has 3 aliphatic rings. The largest absolute Gasteiger partial charge is 0.496 e. The molecule has 1 N–H and O–H groups in total. The van der Waals surface area contributed by atoms with E-state index in [1.165, 1.54) is 18.4 Å². The van der Waals surface area contributed by atoms with Crippen LogP contribution in [0.1, 0.15) is 56.2 Å². The number of carbonyl (C=O) groups is 3. The fourth-order valence-electron chi connectivity index (χ4n) is 6.98. The summed E-state index contributed by atoms with van der Waals surface area (Å²) in [6.45, 7) is 2.57. The fraction of sp³-hybridized carbons (Fsp3) is 0.472. The number of carbonyl (C=O) groups excluding carboxylic acids is 3. The molecular formula is C36H40N4O6S. The van der Waals surface area contributed by atoms with Crippen LogP contribution in [-0.4, -0.2) is 72.1 Å². The molecule has 3 heterocycles. The SMILES string of the molecule is C#Cc1csc(-c2cc(O[C@H]3CC[C@H]4C(=O)N(C)CCCC/C=C\[C@@H]5C[C@@]5(C(=O)OC)NC(=O)[C@@H]4C3)c3ccc(OC)c(C)c3n2)n1. The number of benzene rings is 1. The molecule has 2 saturated carbocycles. The number of allylic oxidation sites excluding steroid dienone is 1. The minimum Gasteiger partial charge on any atom is -0.496 e. The molecule has 246 valence electrons. The zero-order valence-electron chi connectivity index (χ0n) is 27.2. The van der Waals surface area contributed by atoms with Gasteiger partial charge in [-0.3, -0.25) is 9.59 Å². The fourth-order valence-corrected chi connectivity index (χ4v) is 7.70. The molecule has 5 atom stereocenters. The first kappa shape index (κ1) is 32.5. The first-order valence-electron chi connectivity index (χ1n) is 16.1. The lowest BCUT2D eigenvalue weighted by atomic mass is 9.76. The van der Waals surface area contributed by atoms with Gasteiger partial charge in [-0.1, -0.05) is 12.2 Å². The van der Waals surface area contributed by atoms with Crippen LogP contribution < -0.4 is 14.8 Å². The number of ether oxygens (including phenoxy) is 3. The molecule has 6 rings (SSSR count). The van der Waals surface area contributed by atoms with E-state index in [0.29, 0.717) is 65.6 Å². The Balaban J connectivity index is 1.34. The summed E-state index contributed by atoms with van der Waals surface area (Å²) >= 11 is 1.40. The molecule has 0 unspecified atom stereocenters. The van der Waals surface area contributed by atoms with E-state index in [4.69, 9.17) is 25.6 Å². The van der Waals surface area contributed by atoms with Crippen molar-refractivity contribution in [2.24, 2.45) is 17.8 Å². The average Bonchev–Trinajstić information content (AvgIpc) is 3.55. The van der Waals surface area contributed by atoms with Crippen molar-refractivity contribution in [1.29, 1.82) is 0 Å². The van der Waals surface area contributed by atoms with Gasteiger partial charge >= 0.3 is 5.97 Å². The Kier molecular flexibility index (Phi) is 9.24. The zero-order valence-corrected chi connectivity index (χ0v) is 28.0. The van der Waals surface area contributed by atoms with Gasteiger partial charge in [-0.05, 0) is 69.9 Å².